The summed E-state index contributed by atoms with van der Waals surface area (Å²) in [6, 6.07) is 22.3. The van der Waals surface area contributed by atoms with Crippen LogP contribution in [0.1, 0.15) is 41.5 Å². The normalized spacial score (nSPS) is 13.3. The number of carbonyl (C=O) groups excluding carboxylic acids is 1. The van der Waals surface area contributed by atoms with E-state index in [0.29, 0.717) is 13.0 Å². The molecule has 0 fully saturated rings. The van der Waals surface area contributed by atoms with Crippen LogP contribution in [0.2, 0.25) is 0 Å². The number of amides is 1. The standard InChI is InChI=1S/C27H26N2O3/c1-2-19-9-6-10-21-23(16-29-27(19)21)22(20-11-12-24-25(13-20)32-17-31-24)14-26(30)28-15-18-7-4-3-5-8-18/h3-13,16,22,29H,2,14-15,17H2,1H3,(H,28,30)/t22-/m0/s1. The summed E-state index contributed by atoms with van der Waals surface area (Å²) >= 11 is 0. The minimum Gasteiger partial charge on any atom is -0.454 e. The van der Waals surface area contributed by atoms with Gasteiger partial charge in [-0.2, -0.15) is 0 Å². The molecule has 1 aromatic heterocycles. The van der Waals surface area contributed by atoms with E-state index in [2.05, 4.69) is 35.4 Å². The van der Waals surface area contributed by atoms with Crippen molar-refractivity contribution >= 4 is 16.8 Å². The number of aromatic amines is 1. The van der Waals surface area contributed by atoms with E-state index in [0.717, 1.165) is 45.5 Å². The number of aryl methyl sites for hydroxylation is 1. The lowest BCUT2D eigenvalue weighted by atomic mass is 9.87. The first-order chi connectivity index (χ1) is 15.7. The Hall–Kier alpha value is -3.73. The molecule has 1 aliphatic rings. The first-order valence-corrected chi connectivity index (χ1v) is 11.0. The number of benzene rings is 3. The average Bonchev–Trinajstić information content (AvgIpc) is 3.48. The first kappa shape index (κ1) is 20.2. The first-order valence-electron chi connectivity index (χ1n) is 11.0. The molecular formula is C27H26N2O3. The Kier molecular flexibility index (Phi) is 5.55. The molecule has 5 heteroatoms. The number of para-hydroxylation sites is 1. The van der Waals surface area contributed by atoms with Crippen molar-refractivity contribution in [3.05, 3.63) is 95.2 Å². The average molecular weight is 427 g/mol. The third-order valence-corrected chi connectivity index (χ3v) is 6.11. The molecule has 2 N–H and O–H groups in total. The zero-order chi connectivity index (χ0) is 21.9. The predicted octanol–water partition coefficient (Wildman–Crippen LogP) is 5.30. The van der Waals surface area contributed by atoms with E-state index in [-0.39, 0.29) is 18.6 Å². The maximum absolute atomic E-state index is 13.0. The van der Waals surface area contributed by atoms with E-state index >= 15 is 0 Å². The highest BCUT2D eigenvalue weighted by molar-refractivity contribution is 5.88. The van der Waals surface area contributed by atoms with E-state index in [4.69, 9.17) is 9.47 Å². The van der Waals surface area contributed by atoms with Gasteiger partial charge in [-0.15, -0.1) is 0 Å². The molecule has 162 valence electrons. The summed E-state index contributed by atoms with van der Waals surface area (Å²) in [5.74, 6) is 1.37. The predicted molar refractivity (Wildman–Crippen MR) is 125 cm³/mol. The second-order valence-electron chi connectivity index (χ2n) is 8.07. The van der Waals surface area contributed by atoms with Crippen LogP contribution in [-0.2, 0) is 17.8 Å². The van der Waals surface area contributed by atoms with E-state index < -0.39 is 0 Å². The molecule has 4 aromatic rings. The second-order valence-corrected chi connectivity index (χ2v) is 8.07. The van der Waals surface area contributed by atoms with Gasteiger partial charge in [0.25, 0.3) is 0 Å². The van der Waals surface area contributed by atoms with Crippen molar-refractivity contribution in [3.8, 4) is 11.5 Å². The largest absolute Gasteiger partial charge is 0.454 e. The molecule has 1 amide bonds. The number of H-pyrrole nitrogens is 1. The smallest absolute Gasteiger partial charge is 0.231 e. The molecule has 5 rings (SSSR count). The van der Waals surface area contributed by atoms with Crippen LogP contribution in [0, 0.1) is 0 Å². The lowest BCUT2D eigenvalue weighted by Gasteiger charge is -2.18. The molecule has 3 aromatic carbocycles. The molecule has 0 saturated heterocycles. The molecule has 5 nitrogen and oxygen atoms in total. The highest BCUT2D eigenvalue weighted by Crippen LogP contribution is 2.39. The van der Waals surface area contributed by atoms with Crippen molar-refractivity contribution in [1.29, 1.82) is 0 Å². The van der Waals surface area contributed by atoms with E-state index in [1.165, 1.54) is 5.56 Å². The molecule has 0 spiro atoms. The van der Waals surface area contributed by atoms with Crippen molar-refractivity contribution in [1.82, 2.24) is 10.3 Å². The zero-order valence-electron chi connectivity index (χ0n) is 18.1. The van der Waals surface area contributed by atoms with Crippen molar-refractivity contribution in [2.45, 2.75) is 32.2 Å². The summed E-state index contributed by atoms with van der Waals surface area (Å²) in [5, 5.41) is 4.23. The number of nitrogens with one attached hydrogen (secondary N) is 2. The summed E-state index contributed by atoms with van der Waals surface area (Å²) in [5.41, 5.74) is 5.64. The minimum absolute atomic E-state index is 0.0116. The molecule has 32 heavy (non-hydrogen) atoms. The van der Waals surface area contributed by atoms with E-state index in [9.17, 15) is 4.79 Å². The number of carbonyl (C=O) groups is 1. The van der Waals surface area contributed by atoms with Gasteiger partial charge in [0.15, 0.2) is 11.5 Å². The number of fused-ring (bicyclic) bond motifs is 2. The fraction of sp³-hybridized carbons (Fsp3) is 0.222. The molecule has 0 aliphatic carbocycles. The summed E-state index contributed by atoms with van der Waals surface area (Å²) < 4.78 is 11.1. The number of ether oxygens (including phenoxy) is 2. The van der Waals surface area contributed by atoms with Crippen molar-refractivity contribution in [2.75, 3.05) is 6.79 Å². The van der Waals surface area contributed by atoms with Crippen LogP contribution in [0.5, 0.6) is 11.5 Å². The summed E-state index contributed by atoms with van der Waals surface area (Å²) in [4.78, 5) is 16.5. The van der Waals surface area contributed by atoms with Crippen LogP contribution in [0.3, 0.4) is 0 Å². The van der Waals surface area contributed by atoms with Crippen LogP contribution in [0.4, 0.5) is 0 Å². The summed E-state index contributed by atoms with van der Waals surface area (Å²) in [7, 11) is 0. The van der Waals surface area contributed by atoms with Crippen molar-refractivity contribution in [3.63, 3.8) is 0 Å². The van der Waals surface area contributed by atoms with Gasteiger partial charge in [-0.1, -0.05) is 61.5 Å². The number of hydrogen-bond donors (Lipinski definition) is 2. The lowest BCUT2D eigenvalue weighted by molar-refractivity contribution is -0.121. The van der Waals surface area contributed by atoms with Crippen molar-refractivity contribution < 1.29 is 14.3 Å². The number of rotatable bonds is 7. The van der Waals surface area contributed by atoms with Crippen LogP contribution in [-0.4, -0.2) is 17.7 Å². The molecule has 1 aliphatic heterocycles. The summed E-state index contributed by atoms with van der Waals surface area (Å²) in [6.07, 6.45) is 3.34. The molecule has 0 bridgehead atoms. The highest BCUT2D eigenvalue weighted by Gasteiger charge is 2.24. The van der Waals surface area contributed by atoms with Crippen molar-refractivity contribution in [2.24, 2.45) is 0 Å². The second kappa shape index (κ2) is 8.79. The monoisotopic (exact) mass is 426 g/mol. The Morgan fingerprint density at radius 1 is 1.03 bits per heavy atom. The van der Waals surface area contributed by atoms with Gasteiger partial charge in [-0.3, -0.25) is 4.79 Å². The fourth-order valence-electron chi connectivity index (χ4n) is 4.41. The lowest BCUT2D eigenvalue weighted by Crippen LogP contribution is -2.25. The van der Waals surface area contributed by atoms with Crippen LogP contribution >= 0.6 is 0 Å². The molecule has 0 saturated carbocycles. The van der Waals surface area contributed by atoms with E-state index in [1.54, 1.807) is 0 Å². The maximum atomic E-state index is 13.0. The zero-order valence-corrected chi connectivity index (χ0v) is 18.1. The van der Waals surface area contributed by atoms with Gasteiger partial charge in [-0.05, 0) is 40.8 Å². The van der Waals surface area contributed by atoms with Gasteiger partial charge in [0.2, 0.25) is 12.7 Å². The number of hydrogen-bond acceptors (Lipinski definition) is 3. The van der Waals surface area contributed by atoms with Gasteiger partial charge in [-0.25, -0.2) is 0 Å². The van der Waals surface area contributed by atoms with Gasteiger partial charge >= 0.3 is 0 Å². The molecule has 2 heterocycles. The van der Waals surface area contributed by atoms with Gasteiger partial charge in [0.1, 0.15) is 0 Å². The van der Waals surface area contributed by atoms with Crippen LogP contribution in [0.15, 0.2) is 72.9 Å². The highest BCUT2D eigenvalue weighted by atomic mass is 16.7. The van der Waals surface area contributed by atoms with Gasteiger partial charge in [0, 0.05) is 36.0 Å². The Balaban J connectivity index is 1.47. The van der Waals surface area contributed by atoms with Crippen LogP contribution in [0.25, 0.3) is 10.9 Å². The minimum atomic E-state index is -0.110. The quantitative estimate of drug-likeness (QED) is 0.422. The Morgan fingerprint density at radius 3 is 2.72 bits per heavy atom. The summed E-state index contributed by atoms with van der Waals surface area (Å²) in [6.45, 7) is 2.90. The third-order valence-electron chi connectivity index (χ3n) is 6.11. The fourth-order valence-corrected chi connectivity index (χ4v) is 4.41. The Morgan fingerprint density at radius 2 is 1.88 bits per heavy atom. The molecule has 1 atom stereocenters. The molecule has 0 unspecified atom stereocenters. The van der Waals surface area contributed by atoms with Gasteiger partial charge < -0.3 is 19.8 Å². The molecular weight excluding hydrogens is 400 g/mol. The number of aromatic nitrogens is 1. The maximum Gasteiger partial charge on any atom is 0.231 e. The topological polar surface area (TPSA) is 63.4 Å². The SMILES string of the molecule is CCc1cccc2c([C@@H](CC(=O)NCc3ccccc3)c3ccc4c(c3)OCO4)c[nH]c12. The third kappa shape index (κ3) is 3.94. The Labute approximate surface area is 187 Å². The van der Waals surface area contributed by atoms with Gasteiger partial charge in [0.05, 0.1) is 0 Å². The molecule has 0 radical (unpaired) electrons. The van der Waals surface area contributed by atoms with E-state index in [1.807, 2.05) is 54.7 Å². The Bertz CT molecular complexity index is 1250. The van der Waals surface area contributed by atoms with Crippen LogP contribution < -0.4 is 14.8 Å².